The van der Waals surface area contributed by atoms with Crippen molar-refractivity contribution in [2.45, 2.75) is 63.1 Å². The molecule has 248 valence electrons. The van der Waals surface area contributed by atoms with Crippen LogP contribution in [0.2, 0.25) is 0 Å². The van der Waals surface area contributed by atoms with Gasteiger partial charge in [0.2, 0.25) is 0 Å². The number of aromatic nitrogens is 2. The molecule has 9 rings (SSSR count). The molecule has 5 fully saturated rings. The van der Waals surface area contributed by atoms with Crippen LogP contribution < -0.4 is 15.0 Å². The summed E-state index contributed by atoms with van der Waals surface area (Å²) in [6, 6.07) is 8.20. The summed E-state index contributed by atoms with van der Waals surface area (Å²) >= 11 is 0. The number of hydrogen-bond donors (Lipinski definition) is 2. The molecule has 3 saturated heterocycles. The molecule has 48 heavy (non-hydrogen) atoms. The molecule has 3 aromatic carbocycles. The number of benzene rings is 3. The van der Waals surface area contributed by atoms with Crippen LogP contribution in [0.4, 0.5) is 14.6 Å². The summed E-state index contributed by atoms with van der Waals surface area (Å²) in [5.74, 6) is 1.93. The van der Waals surface area contributed by atoms with Gasteiger partial charge in [-0.15, -0.1) is 6.42 Å². The molecule has 4 aromatic rings. The van der Waals surface area contributed by atoms with E-state index in [0.29, 0.717) is 57.3 Å². The number of ether oxygens (including phenoxy) is 2. The average molecular weight is 652 g/mol. The van der Waals surface area contributed by atoms with E-state index < -0.39 is 11.6 Å². The molecule has 2 aliphatic carbocycles. The quantitative estimate of drug-likeness (QED) is 0.247. The van der Waals surface area contributed by atoms with E-state index in [4.69, 9.17) is 25.9 Å². The van der Waals surface area contributed by atoms with Crippen LogP contribution >= 0.6 is 0 Å². The molecule has 2 unspecified atom stereocenters. The van der Waals surface area contributed by atoms with Crippen molar-refractivity contribution in [2.24, 2.45) is 5.41 Å². The van der Waals surface area contributed by atoms with Gasteiger partial charge in [0.05, 0.1) is 29.9 Å². The van der Waals surface area contributed by atoms with Crippen molar-refractivity contribution in [3.63, 3.8) is 0 Å². The molecule has 5 aliphatic rings. The number of phenolic OH excluding ortho intramolecular Hbond substituents is 1. The molecule has 0 amide bonds. The van der Waals surface area contributed by atoms with Crippen molar-refractivity contribution >= 4 is 27.5 Å². The summed E-state index contributed by atoms with van der Waals surface area (Å²) < 4.78 is 44.0. The van der Waals surface area contributed by atoms with Gasteiger partial charge in [0.15, 0.2) is 0 Å². The first-order chi connectivity index (χ1) is 23.2. The topological polar surface area (TPSA) is 83.0 Å². The minimum absolute atomic E-state index is 0.0210. The second-order valence-electron chi connectivity index (χ2n) is 14.8. The van der Waals surface area contributed by atoms with Crippen LogP contribution in [0.1, 0.15) is 49.7 Å². The van der Waals surface area contributed by atoms with Gasteiger partial charge in [0.1, 0.15) is 23.2 Å². The number of nitrogens with zero attached hydrogens (tertiary/aromatic N) is 4. The first-order valence-electron chi connectivity index (χ1n) is 17.2. The first kappa shape index (κ1) is 30.1. The summed E-state index contributed by atoms with van der Waals surface area (Å²) in [4.78, 5) is 14.7. The molecule has 10 heteroatoms. The van der Waals surface area contributed by atoms with Gasteiger partial charge in [-0.3, -0.25) is 4.90 Å². The average Bonchev–Trinajstić information content (AvgIpc) is 3.99. The third-order valence-electron chi connectivity index (χ3n) is 11.3. The predicted octanol–water partition coefficient (Wildman–Crippen LogP) is 5.69. The fourth-order valence-corrected chi connectivity index (χ4v) is 8.44. The molecular formula is C38H39F2N5O3. The number of aromatic hydroxyl groups is 1. The number of hydrogen-bond acceptors (Lipinski definition) is 8. The number of fused-ring (bicyclic) bond motifs is 4. The molecule has 0 radical (unpaired) electrons. The third kappa shape index (κ3) is 5.15. The van der Waals surface area contributed by atoms with E-state index in [2.05, 4.69) is 21.0 Å². The highest BCUT2D eigenvalue weighted by atomic mass is 19.1. The lowest BCUT2D eigenvalue weighted by molar-refractivity contribution is -0.0532. The summed E-state index contributed by atoms with van der Waals surface area (Å²) in [6.07, 6.45) is 12.4. The Labute approximate surface area is 278 Å². The van der Waals surface area contributed by atoms with Crippen molar-refractivity contribution in [2.75, 3.05) is 50.8 Å². The Kier molecular flexibility index (Phi) is 6.88. The van der Waals surface area contributed by atoms with Crippen LogP contribution in [0, 0.1) is 36.3 Å². The van der Waals surface area contributed by atoms with E-state index in [1.54, 1.807) is 6.07 Å². The highest BCUT2D eigenvalue weighted by molar-refractivity contribution is 6.05. The third-order valence-corrected chi connectivity index (χ3v) is 11.3. The van der Waals surface area contributed by atoms with E-state index in [9.17, 15) is 9.50 Å². The maximum absolute atomic E-state index is 16.5. The second kappa shape index (κ2) is 11.0. The number of halogens is 2. The summed E-state index contributed by atoms with van der Waals surface area (Å²) in [6.45, 7) is 7.50. The fraction of sp³-hybridized carbons (Fsp3) is 0.474. The zero-order chi connectivity index (χ0) is 32.8. The zero-order valence-electron chi connectivity index (χ0n) is 27.1. The second-order valence-corrected chi connectivity index (χ2v) is 14.8. The lowest BCUT2D eigenvalue weighted by atomic mass is 9.90. The molecule has 2 saturated carbocycles. The summed E-state index contributed by atoms with van der Waals surface area (Å²) in [5.41, 5.74) is 1.77. The highest BCUT2D eigenvalue weighted by Crippen LogP contribution is 2.49. The van der Waals surface area contributed by atoms with Crippen molar-refractivity contribution in [1.29, 1.82) is 0 Å². The Morgan fingerprint density at radius 2 is 1.88 bits per heavy atom. The van der Waals surface area contributed by atoms with Crippen LogP contribution in [0.15, 0.2) is 30.3 Å². The maximum Gasteiger partial charge on any atom is 0.318 e. The Bertz CT molecular complexity index is 2010. The van der Waals surface area contributed by atoms with Gasteiger partial charge in [-0.1, -0.05) is 12.0 Å². The standard InChI is InChI=1S/C38H39F2N5O3/c1-3-27-30(39)7-4-23-14-26(46)15-28(33(23)27)32-22(2)34-29(16-31(32)40)35(45-17-24-5-6-25(18-45)41-24)43-36(42-34)47-21-37(8-9-37)19-44-12-13-48-38(20-44)10-11-38/h1,4,7,14-16,24-25,41,46H,5-6,8-13,17-21H2,2H3. The van der Waals surface area contributed by atoms with Crippen LogP contribution in [0.25, 0.3) is 32.8 Å². The number of rotatable bonds is 7. The molecular weight excluding hydrogens is 612 g/mol. The molecule has 4 heterocycles. The van der Waals surface area contributed by atoms with Gasteiger partial charge in [-0.25, -0.2) is 8.78 Å². The Hall–Kier alpha value is -4.04. The minimum atomic E-state index is -0.581. The normalized spacial score (nSPS) is 23.9. The lowest BCUT2D eigenvalue weighted by Crippen LogP contribution is -2.51. The van der Waals surface area contributed by atoms with Crippen molar-refractivity contribution < 1.29 is 23.4 Å². The van der Waals surface area contributed by atoms with Crippen LogP contribution in [0.5, 0.6) is 11.8 Å². The molecule has 2 N–H and O–H groups in total. The smallest absolute Gasteiger partial charge is 0.318 e. The van der Waals surface area contributed by atoms with Gasteiger partial charge in [0, 0.05) is 66.6 Å². The summed E-state index contributed by atoms with van der Waals surface area (Å²) in [5, 5.41) is 15.8. The van der Waals surface area contributed by atoms with E-state index in [1.807, 2.05) is 6.92 Å². The molecule has 2 bridgehead atoms. The number of aryl methyl sites for hydroxylation is 1. The van der Waals surface area contributed by atoms with Crippen molar-refractivity contribution in [3.05, 3.63) is 53.1 Å². The lowest BCUT2D eigenvalue weighted by Gasteiger charge is -2.35. The van der Waals surface area contributed by atoms with Gasteiger partial charge in [-0.05, 0) is 86.2 Å². The highest BCUT2D eigenvalue weighted by Gasteiger charge is 2.51. The van der Waals surface area contributed by atoms with Crippen LogP contribution in [-0.2, 0) is 4.74 Å². The van der Waals surface area contributed by atoms with Crippen molar-refractivity contribution in [1.82, 2.24) is 20.2 Å². The Morgan fingerprint density at radius 3 is 2.60 bits per heavy atom. The number of terminal acetylenes is 1. The molecule has 8 nitrogen and oxygen atoms in total. The number of morpholine rings is 1. The van der Waals surface area contributed by atoms with E-state index in [-0.39, 0.29) is 33.9 Å². The number of phenols is 1. The number of anilines is 1. The van der Waals surface area contributed by atoms with E-state index in [1.165, 1.54) is 24.3 Å². The first-order valence-corrected chi connectivity index (χ1v) is 17.2. The minimum Gasteiger partial charge on any atom is -0.508 e. The fourth-order valence-electron chi connectivity index (χ4n) is 8.44. The predicted molar refractivity (Wildman–Crippen MR) is 180 cm³/mol. The van der Waals surface area contributed by atoms with Gasteiger partial charge < -0.3 is 24.8 Å². The molecule has 3 aliphatic heterocycles. The Balaban J connectivity index is 1.13. The van der Waals surface area contributed by atoms with Crippen LogP contribution in [-0.4, -0.2) is 83.6 Å². The molecule has 1 aromatic heterocycles. The van der Waals surface area contributed by atoms with Gasteiger partial charge in [0.25, 0.3) is 0 Å². The van der Waals surface area contributed by atoms with E-state index >= 15 is 4.39 Å². The number of piperazine rings is 1. The number of nitrogens with one attached hydrogen (secondary N) is 1. The zero-order valence-corrected chi connectivity index (χ0v) is 27.1. The largest absolute Gasteiger partial charge is 0.508 e. The monoisotopic (exact) mass is 651 g/mol. The molecule has 2 atom stereocenters. The SMILES string of the molecule is C#Cc1c(F)ccc2cc(O)cc(-c3c(F)cc4c(N5CC6CCC(C5)N6)nc(OCC5(CN6CCOC7(CC7)C6)CC5)nc4c3C)c12. The van der Waals surface area contributed by atoms with Crippen molar-refractivity contribution in [3.8, 4) is 35.2 Å². The molecule has 1 spiro atoms. The van der Waals surface area contributed by atoms with Gasteiger partial charge in [-0.2, -0.15) is 9.97 Å². The van der Waals surface area contributed by atoms with E-state index in [0.717, 1.165) is 77.9 Å². The maximum atomic E-state index is 16.5. The Morgan fingerprint density at radius 1 is 1.08 bits per heavy atom. The van der Waals surface area contributed by atoms with Crippen LogP contribution in [0.3, 0.4) is 0 Å². The summed E-state index contributed by atoms with van der Waals surface area (Å²) in [7, 11) is 0. The van der Waals surface area contributed by atoms with Gasteiger partial charge >= 0.3 is 6.01 Å².